The summed E-state index contributed by atoms with van der Waals surface area (Å²) in [5, 5.41) is 3.15. The van der Waals surface area contributed by atoms with Crippen LogP contribution in [0.4, 0.5) is 0 Å². The Labute approximate surface area is 168 Å². The van der Waals surface area contributed by atoms with Crippen LogP contribution in [0.1, 0.15) is 60.6 Å². The Morgan fingerprint density at radius 3 is 2.25 bits per heavy atom. The summed E-state index contributed by atoms with van der Waals surface area (Å²) >= 11 is 0. The summed E-state index contributed by atoms with van der Waals surface area (Å²) in [5.74, 6) is 0.752. The number of rotatable bonds is 7. The van der Waals surface area contributed by atoms with Crippen molar-refractivity contribution >= 4 is 5.91 Å². The zero-order valence-corrected chi connectivity index (χ0v) is 17.3. The van der Waals surface area contributed by atoms with Gasteiger partial charge in [-0.3, -0.25) is 9.69 Å². The van der Waals surface area contributed by atoms with Gasteiger partial charge in [-0.2, -0.15) is 0 Å². The summed E-state index contributed by atoms with van der Waals surface area (Å²) in [6, 6.07) is 16.3. The molecule has 1 heterocycles. The van der Waals surface area contributed by atoms with Crippen LogP contribution in [0.2, 0.25) is 0 Å². The van der Waals surface area contributed by atoms with Gasteiger partial charge in [-0.15, -0.1) is 0 Å². The van der Waals surface area contributed by atoms with Crippen LogP contribution in [0.3, 0.4) is 0 Å². The minimum atomic E-state index is -0.0368. The van der Waals surface area contributed by atoms with Gasteiger partial charge in [0.25, 0.3) is 5.91 Å². The molecule has 1 fully saturated rings. The SMILES string of the molecule is Cc1ccc([C@@H](CNC(=O)c2ccc(OC(C)C)cc2)N2CCCCC2)cc1. The second-order valence-electron chi connectivity index (χ2n) is 7.92. The minimum Gasteiger partial charge on any atom is -0.491 e. The number of carbonyl (C=O) groups excluding carboxylic acids is 1. The average Bonchev–Trinajstić information content (AvgIpc) is 2.70. The number of benzene rings is 2. The van der Waals surface area contributed by atoms with Crippen LogP contribution in [-0.2, 0) is 0 Å². The number of piperidine rings is 1. The first-order valence-electron chi connectivity index (χ1n) is 10.4. The first-order chi connectivity index (χ1) is 13.5. The van der Waals surface area contributed by atoms with E-state index in [-0.39, 0.29) is 18.1 Å². The van der Waals surface area contributed by atoms with Crippen LogP contribution in [-0.4, -0.2) is 36.5 Å². The highest BCUT2D eigenvalue weighted by molar-refractivity contribution is 5.94. The lowest BCUT2D eigenvalue weighted by atomic mass is 10.0. The molecule has 4 heteroatoms. The highest BCUT2D eigenvalue weighted by atomic mass is 16.5. The van der Waals surface area contributed by atoms with E-state index in [0.29, 0.717) is 12.1 Å². The maximum Gasteiger partial charge on any atom is 0.251 e. The van der Waals surface area contributed by atoms with E-state index in [1.165, 1.54) is 30.4 Å². The molecule has 1 amide bonds. The first kappa shape index (κ1) is 20.4. The Kier molecular flexibility index (Phi) is 7.10. The largest absolute Gasteiger partial charge is 0.491 e. The third-order valence-corrected chi connectivity index (χ3v) is 5.24. The fourth-order valence-corrected chi connectivity index (χ4v) is 3.72. The molecule has 3 rings (SSSR count). The van der Waals surface area contributed by atoms with Gasteiger partial charge in [0.15, 0.2) is 0 Å². The van der Waals surface area contributed by atoms with Gasteiger partial charge in [-0.25, -0.2) is 0 Å². The predicted molar refractivity (Wildman–Crippen MR) is 114 cm³/mol. The van der Waals surface area contributed by atoms with Gasteiger partial charge in [0.05, 0.1) is 12.1 Å². The molecule has 1 N–H and O–H groups in total. The summed E-state index contributed by atoms with van der Waals surface area (Å²) in [4.78, 5) is 15.2. The van der Waals surface area contributed by atoms with Crippen LogP contribution >= 0.6 is 0 Å². The van der Waals surface area contributed by atoms with E-state index in [1.54, 1.807) is 0 Å². The molecule has 0 bridgehead atoms. The Bertz CT molecular complexity index is 747. The second kappa shape index (κ2) is 9.74. The van der Waals surface area contributed by atoms with Gasteiger partial charge in [0.2, 0.25) is 0 Å². The number of hydrogen-bond donors (Lipinski definition) is 1. The summed E-state index contributed by atoms with van der Waals surface area (Å²) in [5.41, 5.74) is 3.19. The Balaban J connectivity index is 1.66. The zero-order valence-electron chi connectivity index (χ0n) is 17.3. The number of hydrogen-bond acceptors (Lipinski definition) is 3. The van der Waals surface area contributed by atoms with E-state index in [2.05, 4.69) is 41.4 Å². The van der Waals surface area contributed by atoms with Gasteiger partial charge >= 0.3 is 0 Å². The van der Waals surface area contributed by atoms with E-state index in [4.69, 9.17) is 4.74 Å². The van der Waals surface area contributed by atoms with E-state index in [9.17, 15) is 4.79 Å². The summed E-state index contributed by atoms with van der Waals surface area (Å²) in [7, 11) is 0. The fraction of sp³-hybridized carbons (Fsp3) is 0.458. The van der Waals surface area contributed by atoms with Gasteiger partial charge < -0.3 is 10.1 Å². The van der Waals surface area contributed by atoms with Crippen LogP contribution < -0.4 is 10.1 Å². The standard InChI is InChI=1S/C24H32N2O2/c1-18(2)28-22-13-11-21(12-14-22)24(27)25-17-23(26-15-5-4-6-16-26)20-9-7-19(3)8-10-20/h7-14,18,23H,4-6,15-17H2,1-3H3,(H,25,27)/t23-/m1/s1. The Hall–Kier alpha value is -2.33. The van der Waals surface area contributed by atoms with Crippen LogP contribution in [0.25, 0.3) is 0 Å². The van der Waals surface area contributed by atoms with Crippen molar-refractivity contribution in [3.05, 3.63) is 65.2 Å². The number of carbonyl (C=O) groups is 1. The van der Waals surface area contributed by atoms with Gasteiger partial charge in [-0.05, 0) is 76.5 Å². The summed E-state index contributed by atoms with van der Waals surface area (Å²) in [6.07, 6.45) is 3.88. The number of aryl methyl sites for hydroxylation is 1. The molecule has 2 aromatic carbocycles. The number of amides is 1. The molecule has 1 atom stereocenters. The number of ether oxygens (including phenoxy) is 1. The van der Waals surface area contributed by atoms with Gasteiger partial charge in [0.1, 0.15) is 5.75 Å². The van der Waals surface area contributed by atoms with Crippen molar-refractivity contribution < 1.29 is 9.53 Å². The predicted octanol–water partition coefficient (Wildman–Crippen LogP) is 4.74. The summed E-state index contributed by atoms with van der Waals surface area (Å²) < 4.78 is 5.66. The molecule has 0 radical (unpaired) electrons. The van der Waals surface area contributed by atoms with Crippen molar-refractivity contribution in [3.63, 3.8) is 0 Å². The maximum absolute atomic E-state index is 12.7. The molecule has 4 nitrogen and oxygen atoms in total. The fourth-order valence-electron chi connectivity index (χ4n) is 3.72. The molecule has 2 aromatic rings. The van der Waals surface area contributed by atoms with Crippen molar-refractivity contribution in [3.8, 4) is 5.75 Å². The van der Waals surface area contributed by atoms with Gasteiger partial charge in [0, 0.05) is 12.1 Å². The van der Waals surface area contributed by atoms with Crippen LogP contribution in [0.5, 0.6) is 5.75 Å². The molecule has 150 valence electrons. The highest BCUT2D eigenvalue weighted by Crippen LogP contribution is 2.24. The number of nitrogens with one attached hydrogen (secondary N) is 1. The topological polar surface area (TPSA) is 41.6 Å². The Morgan fingerprint density at radius 2 is 1.64 bits per heavy atom. The van der Waals surface area contributed by atoms with Gasteiger partial charge in [-0.1, -0.05) is 36.2 Å². The lowest BCUT2D eigenvalue weighted by Gasteiger charge is -2.35. The third kappa shape index (κ3) is 5.59. The average molecular weight is 381 g/mol. The van der Waals surface area contributed by atoms with Crippen LogP contribution in [0, 0.1) is 6.92 Å². The lowest BCUT2D eigenvalue weighted by Crippen LogP contribution is -2.40. The molecule has 0 spiro atoms. The van der Waals surface area contributed by atoms with E-state index in [0.717, 1.165) is 18.8 Å². The molecule has 0 aliphatic carbocycles. The lowest BCUT2D eigenvalue weighted by molar-refractivity contribution is 0.0924. The second-order valence-corrected chi connectivity index (χ2v) is 7.92. The molecular formula is C24H32N2O2. The quantitative estimate of drug-likeness (QED) is 0.754. The molecular weight excluding hydrogens is 348 g/mol. The minimum absolute atomic E-state index is 0.0368. The summed E-state index contributed by atoms with van der Waals surface area (Å²) in [6.45, 7) is 8.89. The molecule has 1 saturated heterocycles. The van der Waals surface area contributed by atoms with Crippen molar-refractivity contribution in [1.82, 2.24) is 10.2 Å². The van der Waals surface area contributed by atoms with E-state index >= 15 is 0 Å². The smallest absolute Gasteiger partial charge is 0.251 e. The molecule has 1 aliphatic heterocycles. The maximum atomic E-state index is 12.7. The molecule has 1 aliphatic rings. The molecule has 0 saturated carbocycles. The monoisotopic (exact) mass is 380 g/mol. The Morgan fingerprint density at radius 1 is 1.00 bits per heavy atom. The number of likely N-dealkylation sites (tertiary alicyclic amines) is 1. The van der Waals surface area contributed by atoms with Crippen molar-refractivity contribution in [2.24, 2.45) is 0 Å². The van der Waals surface area contributed by atoms with Crippen molar-refractivity contribution in [2.75, 3.05) is 19.6 Å². The van der Waals surface area contributed by atoms with Crippen LogP contribution in [0.15, 0.2) is 48.5 Å². The first-order valence-corrected chi connectivity index (χ1v) is 10.4. The number of nitrogens with zero attached hydrogens (tertiary/aromatic N) is 1. The van der Waals surface area contributed by atoms with Crippen molar-refractivity contribution in [2.45, 2.75) is 52.2 Å². The van der Waals surface area contributed by atoms with E-state index in [1.807, 2.05) is 38.1 Å². The molecule has 0 unspecified atom stereocenters. The van der Waals surface area contributed by atoms with E-state index < -0.39 is 0 Å². The third-order valence-electron chi connectivity index (χ3n) is 5.24. The zero-order chi connectivity index (χ0) is 19.9. The molecule has 0 aromatic heterocycles. The van der Waals surface area contributed by atoms with Crippen molar-refractivity contribution in [1.29, 1.82) is 0 Å². The normalized spacial score (nSPS) is 16.0. The molecule has 28 heavy (non-hydrogen) atoms. The highest BCUT2D eigenvalue weighted by Gasteiger charge is 2.23.